The maximum atomic E-state index is 13.7. The van der Waals surface area contributed by atoms with E-state index >= 15 is 0 Å². The van der Waals surface area contributed by atoms with Crippen molar-refractivity contribution in [3.8, 4) is 0 Å². The van der Waals surface area contributed by atoms with Gasteiger partial charge in [-0.2, -0.15) is 0 Å². The highest BCUT2D eigenvalue weighted by molar-refractivity contribution is 7.90. The first-order valence-electron chi connectivity index (χ1n) is 8.87. The Labute approximate surface area is 169 Å². The lowest BCUT2D eigenvalue weighted by Gasteiger charge is -2.29. The van der Waals surface area contributed by atoms with Crippen LogP contribution in [0.1, 0.15) is 38.8 Å². The fraction of sp³-hybridized carbons (Fsp3) is 0.444. The van der Waals surface area contributed by atoms with Gasteiger partial charge in [-0.3, -0.25) is 24.6 Å². The zero-order valence-electron chi connectivity index (χ0n) is 16.0. The molecule has 11 heteroatoms. The molecule has 1 aliphatic heterocycles. The SMILES string of the molecule is CCN1C(=O)NC(=O)C(C(=O)C[C@H](N[S+]([O-])C(C)C)c2ccc(F)c(F)c2)C1=O. The number of rotatable bonds is 8. The van der Waals surface area contributed by atoms with Crippen molar-refractivity contribution in [3.05, 3.63) is 35.4 Å². The molecule has 158 valence electrons. The molecular weight excluding hydrogens is 408 g/mol. The number of Topliss-reactive ketones (excluding diaryl/α,β-unsaturated/α-hetero) is 1. The van der Waals surface area contributed by atoms with Crippen LogP contribution in [0.5, 0.6) is 0 Å². The van der Waals surface area contributed by atoms with E-state index in [1.165, 1.54) is 13.0 Å². The van der Waals surface area contributed by atoms with Gasteiger partial charge in [0.05, 0.1) is 6.04 Å². The van der Waals surface area contributed by atoms with Crippen LogP contribution < -0.4 is 10.0 Å². The second kappa shape index (κ2) is 9.42. The summed E-state index contributed by atoms with van der Waals surface area (Å²) in [6.07, 6.45) is -0.501. The summed E-state index contributed by atoms with van der Waals surface area (Å²) in [5.74, 6) is -6.87. The molecule has 1 aliphatic rings. The van der Waals surface area contributed by atoms with Gasteiger partial charge in [0.2, 0.25) is 5.91 Å². The van der Waals surface area contributed by atoms with Crippen molar-refractivity contribution in [3.63, 3.8) is 0 Å². The van der Waals surface area contributed by atoms with E-state index in [0.29, 0.717) is 0 Å². The number of nitrogens with one attached hydrogen (secondary N) is 2. The van der Waals surface area contributed by atoms with Crippen molar-refractivity contribution < 1.29 is 32.5 Å². The Balaban J connectivity index is 2.30. The third-order valence-corrected chi connectivity index (χ3v) is 5.70. The van der Waals surface area contributed by atoms with E-state index in [0.717, 1.165) is 17.0 Å². The van der Waals surface area contributed by atoms with E-state index in [4.69, 9.17) is 0 Å². The zero-order valence-corrected chi connectivity index (χ0v) is 16.8. The van der Waals surface area contributed by atoms with Gasteiger partial charge >= 0.3 is 6.03 Å². The van der Waals surface area contributed by atoms with E-state index in [1.807, 2.05) is 5.32 Å². The number of ketones is 1. The number of barbiturate groups is 1. The van der Waals surface area contributed by atoms with Gasteiger partial charge in [-0.15, -0.1) is 4.72 Å². The molecule has 1 fully saturated rings. The normalized spacial score (nSPS) is 19.3. The molecule has 3 atom stereocenters. The molecule has 1 heterocycles. The summed E-state index contributed by atoms with van der Waals surface area (Å²) in [5.41, 5.74) is 0.123. The molecule has 0 saturated carbocycles. The number of carbonyl (C=O) groups excluding carboxylic acids is 4. The molecule has 0 aliphatic carbocycles. The van der Waals surface area contributed by atoms with Crippen molar-refractivity contribution in [1.29, 1.82) is 0 Å². The van der Waals surface area contributed by atoms with E-state index in [1.54, 1.807) is 13.8 Å². The van der Waals surface area contributed by atoms with Crippen LogP contribution in [0.15, 0.2) is 18.2 Å². The number of urea groups is 1. The van der Waals surface area contributed by atoms with Crippen LogP contribution in [-0.4, -0.2) is 44.9 Å². The fourth-order valence-electron chi connectivity index (χ4n) is 2.75. The molecule has 8 nitrogen and oxygen atoms in total. The van der Waals surface area contributed by atoms with Crippen molar-refractivity contribution in [2.45, 2.75) is 38.5 Å². The van der Waals surface area contributed by atoms with E-state index < -0.39 is 65.0 Å². The molecule has 2 rings (SSSR count). The first kappa shape index (κ1) is 22.9. The van der Waals surface area contributed by atoms with E-state index in [9.17, 15) is 32.5 Å². The largest absolute Gasteiger partial charge is 0.598 e. The van der Waals surface area contributed by atoms with E-state index in [2.05, 4.69) is 4.72 Å². The quantitative estimate of drug-likeness (QED) is 0.476. The number of amides is 4. The van der Waals surface area contributed by atoms with Crippen LogP contribution in [0.4, 0.5) is 13.6 Å². The number of halogens is 2. The molecule has 0 spiro atoms. The van der Waals surface area contributed by atoms with Crippen LogP contribution in [0.3, 0.4) is 0 Å². The van der Waals surface area contributed by atoms with Crippen LogP contribution in [0, 0.1) is 17.6 Å². The monoisotopic (exact) mass is 429 g/mol. The molecule has 0 radical (unpaired) electrons. The van der Waals surface area contributed by atoms with Gasteiger partial charge in [-0.05, 0) is 38.5 Å². The summed E-state index contributed by atoms with van der Waals surface area (Å²) >= 11 is -1.64. The highest BCUT2D eigenvalue weighted by Gasteiger charge is 2.44. The Hall–Kier alpha value is -2.37. The summed E-state index contributed by atoms with van der Waals surface area (Å²) in [6, 6.07) is 0.961. The Morgan fingerprint density at radius 1 is 1.28 bits per heavy atom. The number of carbonyl (C=O) groups is 4. The summed E-state index contributed by atoms with van der Waals surface area (Å²) in [7, 11) is 0. The van der Waals surface area contributed by atoms with Crippen LogP contribution in [-0.2, 0) is 25.7 Å². The van der Waals surface area contributed by atoms with E-state index in [-0.39, 0.29) is 17.4 Å². The number of nitrogens with zero attached hydrogens (tertiary/aromatic N) is 1. The Kier molecular flexibility index (Phi) is 7.44. The lowest BCUT2D eigenvalue weighted by atomic mass is 9.92. The molecule has 1 aromatic rings. The number of imide groups is 2. The van der Waals surface area contributed by atoms with Crippen molar-refractivity contribution in [1.82, 2.24) is 14.9 Å². The van der Waals surface area contributed by atoms with Gasteiger partial charge in [-0.1, -0.05) is 6.07 Å². The van der Waals surface area contributed by atoms with Crippen molar-refractivity contribution in [2.24, 2.45) is 5.92 Å². The fourth-order valence-corrected chi connectivity index (χ4v) is 3.52. The topological polar surface area (TPSA) is 119 Å². The van der Waals surface area contributed by atoms with Crippen LogP contribution in [0.25, 0.3) is 0 Å². The number of hydrogen-bond donors (Lipinski definition) is 2. The maximum absolute atomic E-state index is 13.7. The second-order valence-corrected chi connectivity index (χ2v) is 8.44. The standard InChI is InChI=1S/C18H21F2N3O5S/c1-4-23-17(26)15(16(25)21-18(23)27)14(24)8-13(22-29(28)9(2)3)10-5-6-11(19)12(20)7-10/h5-7,9,13,15,22H,4,8H2,1-3H3,(H,21,25,27)/t13-,15?,29?/m0/s1. The molecule has 2 N–H and O–H groups in total. The molecule has 0 aromatic heterocycles. The molecule has 0 bridgehead atoms. The van der Waals surface area contributed by atoms with Gasteiger partial charge in [0, 0.05) is 24.3 Å². The van der Waals surface area contributed by atoms with Gasteiger partial charge in [0.25, 0.3) is 5.91 Å². The molecule has 4 amide bonds. The van der Waals surface area contributed by atoms with Gasteiger partial charge < -0.3 is 4.55 Å². The molecule has 2 unspecified atom stereocenters. The Morgan fingerprint density at radius 3 is 2.48 bits per heavy atom. The number of hydrogen-bond acceptors (Lipinski definition) is 6. The lowest BCUT2D eigenvalue weighted by Crippen LogP contribution is -2.59. The Bertz CT molecular complexity index is 836. The molecule has 1 saturated heterocycles. The average molecular weight is 429 g/mol. The summed E-state index contributed by atoms with van der Waals surface area (Å²) < 4.78 is 41.8. The third-order valence-electron chi connectivity index (χ3n) is 4.33. The van der Waals surface area contributed by atoms with Gasteiger partial charge in [0.15, 0.2) is 23.3 Å². The highest BCUT2D eigenvalue weighted by Crippen LogP contribution is 2.24. The predicted molar refractivity (Wildman–Crippen MR) is 99.6 cm³/mol. The summed E-state index contributed by atoms with van der Waals surface area (Å²) in [6.45, 7) is 4.77. The summed E-state index contributed by atoms with van der Waals surface area (Å²) in [5, 5.41) is 1.59. The van der Waals surface area contributed by atoms with Crippen molar-refractivity contribution >= 4 is 35.0 Å². The van der Waals surface area contributed by atoms with Crippen LogP contribution >= 0.6 is 0 Å². The molecule has 29 heavy (non-hydrogen) atoms. The zero-order chi connectivity index (χ0) is 21.9. The summed E-state index contributed by atoms with van der Waals surface area (Å²) in [4.78, 5) is 49.6. The smallest absolute Gasteiger partial charge is 0.330 e. The van der Waals surface area contributed by atoms with Gasteiger partial charge in [-0.25, -0.2) is 13.6 Å². The van der Waals surface area contributed by atoms with Crippen molar-refractivity contribution in [2.75, 3.05) is 6.54 Å². The number of benzene rings is 1. The minimum absolute atomic E-state index is 0.0378. The molecule has 1 aromatic carbocycles. The maximum Gasteiger partial charge on any atom is 0.330 e. The Morgan fingerprint density at radius 2 is 1.93 bits per heavy atom. The molecular formula is C18H21F2N3O5S. The first-order chi connectivity index (χ1) is 13.6. The minimum Gasteiger partial charge on any atom is -0.598 e. The van der Waals surface area contributed by atoms with Crippen LogP contribution in [0.2, 0.25) is 0 Å². The minimum atomic E-state index is -1.75. The first-order valence-corrected chi connectivity index (χ1v) is 10.1. The highest BCUT2D eigenvalue weighted by atomic mass is 32.2. The average Bonchev–Trinajstić information content (AvgIpc) is 2.63. The lowest BCUT2D eigenvalue weighted by molar-refractivity contribution is -0.147. The predicted octanol–water partition coefficient (Wildman–Crippen LogP) is 1.34. The second-order valence-electron chi connectivity index (χ2n) is 6.67. The van der Waals surface area contributed by atoms with Gasteiger partial charge in [0.1, 0.15) is 5.25 Å². The third kappa shape index (κ3) is 5.17.